The topological polar surface area (TPSA) is 24.9 Å². The molecule has 0 fully saturated rings. The minimum Gasteiger partial charge on any atom is -0.306 e. The highest BCUT2D eigenvalue weighted by molar-refractivity contribution is 5.30. The first-order valence-electron chi connectivity index (χ1n) is 5.80. The first-order valence-corrected chi connectivity index (χ1v) is 5.80. The highest BCUT2D eigenvalue weighted by Gasteiger charge is 2.14. The number of benzene rings is 1. The first-order chi connectivity index (χ1) is 8.72. The van der Waals surface area contributed by atoms with E-state index in [0.717, 1.165) is 18.2 Å². The molecule has 2 nitrogen and oxygen atoms in total. The second-order valence-electron chi connectivity index (χ2n) is 3.95. The third-order valence-corrected chi connectivity index (χ3v) is 2.70. The second-order valence-corrected chi connectivity index (χ2v) is 3.95. The summed E-state index contributed by atoms with van der Waals surface area (Å²) >= 11 is 0. The van der Waals surface area contributed by atoms with Crippen molar-refractivity contribution in [3.63, 3.8) is 0 Å². The van der Waals surface area contributed by atoms with Crippen LogP contribution >= 0.6 is 0 Å². The Labute approximate surface area is 105 Å². The van der Waals surface area contributed by atoms with Crippen molar-refractivity contribution in [2.24, 2.45) is 0 Å². The predicted molar refractivity (Wildman–Crippen MR) is 66.1 cm³/mol. The van der Waals surface area contributed by atoms with Gasteiger partial charge in [-0.25, -0.2) is 8.78 Å². The molecule has 0 amide bonds. The summed E-state index contributed by atoms with van der Waals surface area (Å²) in [4.78, 5) is 4.05. The lowest BCUT2D eigenvalue weighted by atomic mass is 10.00. The van der Waals surface area contributed by atoms with Gasteiger partial charge in [-0.1, -0.05) is 19.1 Å². The molecule has 0 aliphatic heterocycles. The Morgan fingerprint density at radius 2 is 2.00 bits per heavy atom. The average Bonchev–Trinajstić information content (AvgIpc) is 2.40. The van der Waals surface area contributed by atoms with Gasteiger partial charge in [0.05, 0.1) is 6.04 Å². The fourth-order valence-electron chi connectivity index (χ4n) is 1.87. The number of nitrogens with zero attached hydrogens (tertiary/aromatic N) is 1. The summed E-state index contributed by atoms with van der Waals surface area (Å²) in [7, 11) is 0. The van der Waals surface area contributed by atoms with Crippen LogP contribution in [0, 0.1) is 11.6 Å². The van der Waals surface area contributed by atoms with Gasteiger partial charge in [0.1, 0.15) is 0 Å². The van der Waals surface area contributed by atoms with E-state index in [1.54, 1.807) is 18.5 Å². The molecule has 4 heteroatoms. The molecule has 1 aromatic heterocycles. The van der Waals surface area contributed by atoms with E-state index in [0.29, 0.717) is 5.56 Å². The summed E-state index contributed by atoms with van der Waals surface area (Å²) < 4.78 is 26.2. The molecule has 0 radical (unpaired) electrons. The van der Waals surface area contributed by atoms with E-state index in [1.165, 1.54) is 6.07 Å². The zero-order valence-electron chi connectivity index (χ0n) is 10.0. The molecule has 1 heterocycles. The van der Waals surface area contributed by atoms with Crippen LogP contribution in [0.2, 0.25) is 0 Å². The summed E-state index contributed by atoms with van der Waals surface area (Å²) in [6, 6.07) is 7.49. The second kappa shape index (κ2) is 5.69. The van der Waals surface area contributed by atoms with Crippen LogP contribution < -0.4 is 5.32 Å². The Hall–Kier alpha value is -1.81. The van der Waals surface area contributed by atoms with Gasteiger partial charge in [-0.05, 0) is 35.9 Å². The van der Waals surface area contributed by atoms with Crippen molar-refractivity contribution in [3.05, 3.63) is 65.5 Å². The maximum atomic E-state index is 13.3. The number of aromatic nitrogens is 1. The quantitative estimate of drug-likeness (QED) is 0.899. The molecular weight excluding hydrogens is 234 g/mol. The Kier molecular flexibility index (Phi) is 3.99. The van der Waals surface area contributed by atoms with Crippen LogP contribution in [0.1, 0.15) is 24.1 Å². The summed E-state index contributed by atoms with van der Waals surface area (Å²) in [5, 5.41) is 3.23. The zero-order valence-corrected chi connectivity index (χ0v) is 10.0. The molecule has 1 atom stereocenters. The summed E-state index contributed by atoms with van der Waals surface area (Å²) in [6.45, 7) is 2.68. The molecule has 0 aliphatic carbocycles. The van der Waals surface area contributed by atoms with E-state index in [9.17, 15) is 8.78 Å². The lowest BCUT2D eigenvalue weighted by molar-refractivity contribution is 0.504. The van der Waals surface area contributed by atoms with Crippen molar-refractivity contribution in [2.45, 2.75) is 13.0 Å². The van der Waals surface area contributed by atoms with E-state index in [1.807, 2.05) is 19.1 Å². The molecule has 0 saturated heterocycles. The SMILES string of the molecule is CCN[C@@H](c1cccnc1)c1ccc(F)c(F)c1. The molecule has 0 aliphatic rings. The van der Waals surface area contributed by atoms with Crippen LogP contribution in [0.4, 0.5) is 8.78 Å². The molecule has 0 bridgehead atoms. The van der Waals surface area contributed by atoms with Crippen LogP contribution in [-0.2, 0) is 0 Å². The van der Waals surface area contributed by atoms with E-state index >= 15 is 0 Å². The van der Waals surface area contributed by atoms with Gasteiger partial charge in [-0.3, -0.25) is 4.98 Å². The zero-order chi connectivity index (χ0) is 13.0. The van der Waals surface area contributed by atoms with Crippen molar-refractivity contribution in [1.82, 2.24) is 10.3 Å². The Morgan fingerprint density at radius 3 is 2.61 bits per heavy atom. The standard InChI is InChI=1S/C14H14F2N2/c1-2-18-14(11-4-3-7-17-9-11)10-5-6-12(15)13(16)8-10/h3-9,14,18H,2H2,1H3/t14-/m1/s1. The van der Waals surface area contributed by atoms with Crippen molar-refractivity contribution >= 4 is 0 Å². The first kappa shape index (κ1) is 12.6. The molecule has 2 rings (SSSR count). The predicted octanol–water partition coefficient (Wildman–Crippen LogP) is 3.06. The van der Waals surface area contributed by atoms with E-state index in [2.05, 4.69) is 10.3 Å². The van der Waals surface area contributed by atoms with Gasteiger partial charge >= 0.3 is 0 Å². The number of nitrogens with one attached hydrogen (secondary N) is 1. The Balaban J connectivity index is 2.38. The van der Waals surface area contributed by atoms with Crippen LogP contribution in [-0.4, -0.2) is 11.5 Å². The van der Waals surface area contributed by atoms with Gasteiger partial charge in [0, 0.05) is 12.4 Å². The molecule has 1 N–H and O–H groups in total. The van der Waals surface area contributed by atoms with Gasteiger partial charge in [0.25, 0.3) is 0 Å². The maximum Gasteiger partial charge on any atom is 0.159 e. The van der Waals surface area contributed by atoms with Gasteiger partial charge < -0.3 is 5.32 Å². The van der Waals surface area contributed by atoms with Crippen LogP contribution in [0.15, 0.2) is 42.7 Å². The molecular formula is C14H14F2N2. The smallest absolute Gasteiger partial charge is 0.159 e. The Bertz CT molecular complexity index is 514. The molecule has 0 unspecified atom stereocenters. The molecule has 0 saturated carbocycles. The van der Waals surface area contributed by atoms with Gasteiger partial charge in [0.15, 0.2) is 11.6 Å². The number of hydrogen-bond donors (Lipinski definition) is 1. The van der Waals surface area contributed by atoms with Crippen molar-refractivity contribution in [2.75, 3.05) is 6.54 Å². The maximum absolute atomic E-state index is 13.3. The van der Waals surface area contributed by atoms with E-state index < -0.39 is 11.6 Å². The summed E-state index contributed by atoms with van der Waals surface area (Å²) in [6.07, 6.45) is 3.40. The highest BCUT2D eigenvalue weighted by atomic mass is 19.2. The fraction of sp³-hybridized carbons (Fsp3) is 0.214. The molecule has 0 spiro atoms. The number of rotatable bonds is 4. The van der Waals surface area contributed by atoms with E-state index in [-0.39, 0.29) is 6.04 Å². The minimum atomic E-state index is -0.834. The van der Waals surface area contributed by atoms with Crippen LogP contribution in [0.3, 0.4) is 0 Å². The number of halogens is 2. The van der Waals surface area contributed by atoms with Crippen molar-refractivity contribution in [1.29, 1.82) is 0 Å². The molecule has 2 aromatic rings. The normalized spacial score (nSPS) is 12.4. The minimum absolute atomic E-state index is 0.182. The van der Waals surface area contributed by atoms with Crippen LogP contribution in [0.5, 0.6) is 0 Å². The monoisotopic (exact) mass is 248 g/mol. The van der Waals surface area contributed by atoms with Crippen LogP contribution in [0.25, 0.3) is 0 Å². The van der Waals surface area contributed by atoms with E-state index in [4.69, 9.17) is 0 Å². The molecule has 18 heavy (non-hydrogen) atoms. The summed E-state index contributed by atoms with van der Waals surface area (Å²) in [5.74, 6) is -1.67. The average molecular weight is 248 g/mol. The molecule has 1 aromatic carbocycles. The highest BCUT2D eigenvalue weighted by Crippen LogP contribution is 2.22. The lowest BCUT2D eigenvalue weighted by Gasteiger charge is -2.18. The number of hydrogen-bond acceptors (Lipinski definition) is 2. The van der Waals surface area contributed by atoms with Gasteiger partial charge in [-0.15, -0.1) is 0 Å². The van der Waals surface area contributed by atoms with Crippen molar-refractivity contribution in [3.8, 4) is 0 Å². The largest absolute Gasteiger partial charge is 0.306 e. The van der Waals surface area contributed by atoms with Crippen molar-refractivity contribution < 1.29 is 8.78 Å². The van der Waals surface area contributed by atoms with Gasteiger partial charge in [-0.2, -0.15) is 0 Å². The third-order valence-electron chi connectivity index (χ3n) is 2.70. The lowest BCUT2D eigenvalue weighted by Crippen LogP contribution is -2.22. The van der Waals surface area contributed by atoms with Gasteiger partial charge in [0.2, 0.25) is 0 Å². The Morgan fingerprint density at radius 1 is 1.17 bits per heavy atom. The number of pyridine rings is 1. The fourth-order valence-corrected chi connectivity index (χ4v) is 1.87. The molecule has 94 valence electrons. The summed E-state index contributed by atoms with van der Waals surface area (Å²) in [5.41, 5.74) is 1.61. The third kappa shape index (κ3) is 2.71.